The Balaban J connectivity index is 1.26. The molecular weight excluding hydrogens is 865 g/mol. The Morgan fingerprint density at radius 2 is 0.557 bits per heavy atom. The van der Waals surface area contributed by atoms with Gasteiger partial charge >= 0.3 is 0 Å². The summed E-state index contributed by atoms with van der Waals surface area (Å²) in [5, 5.41) is 9.02. The summed E-state index contributed by atoms with van der Waals surface area (Å²) >= 11 is 0. The molecule has 0 saturated carbocycles. The number of hydrogen-bond donors (Lipinski definition) is 0. The number of rotatable bonds is 8. The van der Waals surface area contributed by atoms with Gasteiger partial charge in [-0.3, -0.25) is 0 Å². The van der Waals surface area contributed by atoms with Crippen molar-refractivity contribution in [2.75, 3.05) is 28.4 Å². The lowest BCUT2D eigenvalue weighted by Crippen LogP contribution is -2.46. The number of nitrogens with zero attached hydrogens (tertiary/aromatic N) is 4. The van der Waals surface area contributed by atoms with Crippen LogP contribution in [0, 0.1) is 0 Å². The van der Waals surface area contributed by atoms with Gasteiger partial charge in [-0.25, -0.2) is 20.0 Å². The first-order valence-electron chi connectivity index (χ1n) is 23.3. The summed E-state index contributed by atoms with van der Waals surface area (Å²) < 4.78 is 22.7. The van der Waals surface area contributed by atoms with Gasteiger partial charge in [0.05, 0.1) is 51.3 Å². The molecule has 0 N–H and O–H groups in total. The van der Waals surface area contributed by atoms with E-state index in [4.69, 9.17) is 38.9 Å². The van der Waals surface area contributed by atoms with E-state index in [-0.39, 0.29) is 0 Å². The smallest absolute Gasteiger partial charge is 0.227 e. The number of methoxy groups -OCH3 is 4. The van der Waals surface area contributed by atoms with E-state index in [9.17, 15) is 0 Å². The van der Waals surface area contributed by atoms with Crippen molar-refractivity contribution in [2.24, 2.45) is 20.0 Å². The zero-order chi connectivity index (χ0) is 47.1. The number of fused-ring (bicyclic) bond motifs is 14. The van der Waals surface area contributed by atoms with Gasteiger partial charge in [0.2, 0.25) is 11.3 Å². The third kappa shape index (κ3) is 6.02. The summed E-state index contributed by atoms with van der Waals surface area (Å²) in [5.41, 5.74) is 7.25. The van der Waals surface area contributed by atoms with Crippen LogP contribution in [0.1, 0.15) is 33.4 Å². The lowest BCUT2D eigenvalue weighted by atomic mass is 9.68. The topological polar surface area (TPSA) is 86.4 Å². The van der Waals surface area contributed by atoms with Crippen molar-refractivity contribution in [3.05, 3.63) is 228 Å². The van der Waals surface area contributed by atoms with Crippen LogP contribution < -0.4 is 18.9 Å². The molecule has 2 spiro atoms. The highest BCUT2D eigenvalue weighted by Gasteiger charge is 2.64. The molecule has 0 saturated heterocycles. The van der Waals surface area contributed by atoms with Crippen LogP contribution in [0.4, 0.5) is 0 Å². The molecular formula is C62H44N4O4. The molecule has 8 nitrogen and oxygen atoms in total. The highest BCUT2D eigenvalue weighted by molar-refractivity contribution is 6.56. The molecule has 1 aliphatic carbocycles. The Morgan fingerprint density at radius 1 is 0.286 bits per heavy atom. The normalized spacial score (nSPS) is 15.1. The van der Waals surface area contributed by atoms with Crippen molar-refractivity contribution in [1.82, 2.24) is 0 Å². The minimum absolute atomic E-state index is 0.708. The molecule has 10 aromatic rings. The Morgan fingerprint density at radius 3 is 0.857 bits per heavy atom. The highest BCUT2D eigenvalue weighted by Crippen LogP contribution is 2.64. The molecule has 0 atom stereocenters. The second kappa shape index (κ2) is 15.9. The molecule has 0 bridgehead atoms. The third-order valence-corrected chi connectivity index (χ3v) is 14.3. The van der Waals surface area contributed by atoms with Crippen molar-refractivity contribution >= 4 is 65.9 Å². The monoisotopic (exact) mass is 908 g/mol. The largest absolute Gasteiger partial charge is 0.497 e. The number of ether oxygens (including phenoxy) is 4. The minimum Gasteiger partial charge on any atom is -0.497 e. The van der Waals surface area contributed by atoms with E-state index < -0.39 is 11.3 Å². The van der Waals surface area contributed by atoms with Gasteiger partial charge in [-0.2, -0.15) is 0 Å². The second-order valence-electron chi connectivity index (χ2n) is 17.8. The summed E-state index contributed by atoms with van der Waals surface area (Å²) in [6.07, 6.45) is 0. The van der Waals surface area contributed by atoms with Crippen LogP contribution in [0.15, 0.2) is 214 Å². The zero-order valence-electron chi connectivity index (χ0n) is 38.9. The number of hydrogen-bond acceptors (Lipinski definition) is 8. The molecule has 0 radical (unpaired) electrons. The van der Waals surface area contributed by atoms with Gasteiger partial charge in [-0.15, -0.1) is 0 Å². The van der Waals surface area contributed by atoms with E-state index in [0.717, 1.165) is 111 Å². The predicted molar refractivity (Wildman–Crippen MR) is 283 cm³/mol. The van der Waals surface area contributed by atoms with Crippen molar-refractivity contribution in [2.45, 2.75) is 11.3 Å². The van der Waals surface area contributed by atoms with Crippen LogP contribution in [-0.2, 0) is 11.3 Å². The molecule has 0 unspecified atom stereocenters. The van der Waals surface area contributed by atoms with Crippen LogP contribution in [0.2, 0.25) is 0 Å². The van der Waals surface area contributed by atoms with Crippen LogP contribution in [0.3, 0.4) is 0 Å². The van der Waals surface area contributed by atoms with Crippen molar-refractivity contribution in [3.63, 3.8) is 0 Å². The molecule has 0 amide bonds. The van der Waals surface area contributed by atoms with Crippen molar-refractivity contribution in [3.8, 4) is 34.1 Å². The summed E-state index contributed by atoms with van der Waals surface area (Å²) in [7, 11) is 6.72. The summed E-state index contributed by atoms with van der Waals surface area (Å²) in [4.78, 5) is 24.4. The van der Waals surface area contributed by atoms with Crippen molar-refractivity contribution < 1.29 is 18.9 Å². The molecule has 2 aliphatic heterocycles. The highest BCUT2D eigenvalue weighted by atomic mass is 16.5. The molecule has 2 heterocycles. The number of benzene rings is 10. The lowest BCUT2D eigenvalue weighted by Gasteiger charge is -2.44. The fraction of sp³-hybridized carbons (Fsp3) is 0.0968. The maximum absolute atomic E-state index is 6.11. The molecule has 10 aromatic carbocycles. The maximum atomic E-state index is 6.11. The molecule has 0 aromatic heterocycles. The standard InChI is InChI=1S/C62H44N4O4/c1-67-45-27-17-41(18-28-45)57-58(42-19-29-46(68-2)30-20-42)64-61(63-57)51-35-25-39-15-13-37-9-5-7-11-49(37)53(39)55(51)56-52(36-26-40-16-14-38-10-6-8-12-50(38)54(40)56)62(61)65-59(43-21-31-47(69-3)32-22-43)60(66-62)44-23-33-48(70-4)34-24-44/h5-36H,1-4H3. The van der Waals surface area contributed by atoms with E-state index in [1.165, 1.54) is 0 Å². The maximum Gasteiger partial charge on any atom is 0.227 e. The quantitative estimate of drug-likeness (QED) is 0.142. The van der Waals surface area contributed by atoms with E-state index in [0.29, 0.717) is 22.8 Å². The van der Waals surface area contributed by atoms with E-state index in [1.807, 2.05) is 48.5 Å². The van der Waals surface area contributed by atoms with Crippen LogP contribution >= 0.6 is 0 Å². The Hall–Kier alpha value is -8.88. The predicted octanol–water partition coefficient (Wildman–Crippen LogP) is 13.3. The molecule has 70 heavy (non-hydrogen) atoms. The van der Waals surface area contributed by atoms with Gasteiger partial charge in [0.15, 0.2) is 0 Å². The van der Waals surface area contributed by atoms with Gasteiger partial charge in [-0.1, -0.05) is 97.1 Å². The lowest BCUT2D eigenvalue weighted by molar-refractivity contribution is 0.254. The van der Waals surface area contributed by atoms with Gasteiger partial charge in [0.25, 0.3) is 0 Å². The fourth-order valence-corrected chi connectivity index (χ4v) is 10.9. The molecule has 3 aliphatic rings. The van der Waals surface area contributed by atoms with Gasteiger partial charge in [-0.05, 0) is 151 Å². The average molecular weight is 909 g/mol. The summed E-state index contributed by atoms with van der Waals surface area (Å²) in [6.45, 7) is 0. The Kier molecular flexibility index (Phi) is 9.36. The molecule has 336 valence electrons. The first-order valence-corrected chi connectivity index (χ1v) is 23.3. The molecule has 13 rings (SSSR count). The van der Waals surface area contributed by atoms with Crippen LogP contribution in [0.25, 0.3) is 54.2 Å². The molecule has 8 heteroatoms. The average Bonchev–Trinajstić information content (AvgIpc) is 4.04. The van der Waals surface area contributed by atoms with Crippen LogP contribution in [-0.4, -0.2) is 51.3 Å². The molecule has 0 fully saturated rings. The Bertz CT molecular complexity index is 3530. The van der Waals surface area contributed by atoms with Crippen LogP contribution in [0.5, 0.6) is 23.0 Å². The van der Waals surface area contributed by atoms with E-state index in [1.54, 1.807) is 28.4 Å². The fourth-order valence-electron chi connectivity index (χ4n) is 10.9. The first-order chi connectivity index (χ1) is 34.4. The number of aliphatic imine (C=N–C) groups is 4. The van der Waals surface area contributed by atoms with Crippen molar-refractivity contribution in [1.29, 1.82) is 0 Å². The summed E-state index contributed by atoms with van der Waals surface area (Å²) in [6, 6.07) is 67.4. The third-order valence-electron chi connectivity index (χ3n) is 14.3. The summed E-state index contributed by atoms with van der Waals surface area (Å²) in [5.74, 6) is 2.96. The van der Waals surface area contributed by atoms with Gasteiger partial charge in [0.1, 0.15) is 23.0 Å². The van der Waals surface area contributed by atoms with E-state index >= 15 is 0 Å². The van der Waals surface area contributed by atoms with Gasteiger partial charge < -0.3 is 18.9 Å². The Labute approximate surface area is 404 Å². The zero-order valence-corrected chi connectivity index (χ0v) is 38.9. The van der Waals surface area contributed by atoms with E-state index in [2.05, 4.69) is 146 Å². The second-order valence-corrected chi connectivity index (χ2v) is 17.8. The van der Waals surface area contributed by atoms with Gasteiger partial charge in [0, 0.05) is 33.4 Å². The first kappa shape index (κ1) is 41.3. The SMILES string of the molecule is COc1ccc(C2=NC3(N=C2c2ccc(OC)cc2)c2ccc4ccc5ccccc5c4c2-c2c(ccc4ccc5ccccc5c24)C32N=C(c3ccc(OC)cc3)C(c3ccc(OC)cc3)=N2)cc1. The minimum atomic E-state index is -1.50.